The summed E-state index contributed by atoms with van der Waals surface area (Å²) in [7, 11) is 0. The van der Waals surface area contributed by atoms with Gasteiger partial charge in [0, 0.05) is 0 Å². The summed E-state index contributed by atoms with van der Waals surface area (Å²) in [4.78, 5) is 1.03. The predicted molar refractivity (Wildman–Crippen MR) is 76.8 cm³/mol. The Morgan fingerprint density at radius 1 is 0.750 bits per heavy atom. The van der Waals surface area contributed by atoms with Gasteiger partial charge in [-0.3, -0.25) is 0 Å². The molecule has 20 heavy (non-hydrogen) atoms. The lowest BCUT2D eigenvalue weighted by molar-refractivity contribution is 0.164. The standard InChI is InChI=1S/C14H13O4S2/c1-12(17-19(15)13-8-4-2-5-9-13)18-20(16)14-10-6-3-7-11-14/h2-11H,1H3/q-1. The van der Waals surface area contributed by atoms with Crippen LogP contribution in [-0.4, -0.2) is 8.42 Å². The van der Waals surface area contributed by atoms with Crippen LogP contribution in [0.2, 0.25) is 0 Å². The molecule has 0 aliphatic carbocycles. The summed E-state index contributed by atoms with van der Waals surface area (Å²) >= 11 is -3.37. The van der Waals surface area contributed by atoms with Crippen LogP contribution in [0.15, 0.2) is 70.5 Å². The van der Waals surface area contributed by atoms with Crippen LogP contribution in [0.4, 0.5) is 0 Å². The lowest BCUT2D eigenvalue weighted by Gasteiger charge is -2.25. The molecule has 0 saturated carbocycles. The van der Waals surface area contributed by atoms with Crippen molar-refractivity contribution in [3.63, 3.8) is 0 Å². The molecule has 0 aliphatic heterocycles. The second-order valence-electron chi connectivity index (χ2n) is 3.75. The third-order valence-electron chi connectivity index (χ3n) is 2.26. The average molecular weight is 309 g/mol. The van der Waals surface area contributed by atoms with Crippen molar-refractivity contribution in [3.8, 4) is 0 Å². The molecule has 0 amide bonds. The Balaban J connectivity index is 1.91. The van der Waals surface area contributed by atoms with Gasteiger partial charge < -0.3 is 8.37 Å². The highest BCUT2D eigenvalue weighted by molar-refractivity contribution is 7.81. The molecule has 2 atom stereocenters. The van der Waals surface area contributed by atoms with Gasteiger partial charge in [0.1, 0.15) is 0 Å². The maximum absolute atomic E-state index is 11.9. The van der Waals surface area contributed by atoms with Crippen LogP contribution >= 0.6 is 0 Å². The molecule has 0 N–H and O–H groups in total. The Bertz CT molecular complexity index is 533. The second-order valence-corrected chi connectivity index (χ2v) is 5.97. The number of benzene rings is 2. The molecule has 6 heteroatoms. The van der Waals surface area contributed by atoms with Crippen molar-refractivity contribution in [1.29, 1.82) is 0 Å². The van der Waals surface area contributed by atoms with E-state index in [4.69, 9.17) is 8.37 Å². The zero-order valence-corrected chi connectivity index (χ0v) is 12.4. The van der Waals surface area contributed by atoms with Crippen molar-refractivity contribution in [1.82, 2.24) is 0 Å². The Kier molecular flexibility index (Phi) is 5.60. The highest BCUT2D eigenvalue weighted by atomic mass is 32.2. The minimum absolute atomic E-state index is 0.00521. The van der Waals surface area contributed by atoms with Crippen molar-refractivity contribution < 1.29 is 16.8 Å². The smallest absolute Gasteiger partial charge is 0.159 e. The zero-order chi connectivity index (χ0) is 14.4. The van der Waals surface area contributed by atoms with Crippen molar-refractivity contribution in [2.24, 2.45) is 0 Å². The van der Waals surface area contributed by atoms with Gasteiger partial charge in [-0.25, -0.2) is 8.42 Å². The first-order valence-corrected chi connectivity index (χ1v) is 7.95. The van der Waals surface area contributed by atoms with Crippen LogP contribution in [-0.2, 0) is 30.5 Å². The van der Waals surface area contributed by atoms with E-state index in [0.29, 0.717) is 9.79 Å². The highest BCUT2D eigenvalue weighted by Gasteiger charge is 2.05. The largest absolute Gasteiger partial charge is 0.432 e. The van der Waals surface area contributed by atoms with Gasteiger partial charge >= 0.3 is 0 Å². The van der Waals surface area contributed by atoms with E-state index in [2.05, 4.69) is 0 Å². The maximum atomic E-state index is 11.9. The van der Waals surface area contributed by atoms with E-state index < -0.39 is 22.2 Å². The molecule has 0 aromatic heterocycles. The fourth-order valence-electron chi connectivity index (χ4n) is 1.39. The van der Waals surface area contributed by atoms with E-state index in [0.717, 1.165) is 0 Å². The Hall–Kier alpha value is -1.34. The molecule has 2 aromatic rings. The molecule has 4 nitrogen and oxygen atoms in total. The normalized spacial score (nSPS) is 14.1. The molecular formula is C14H13O4S2-. The van der Waals surface area contributed by atoms with Crippen LogP contribution in [0.1, 0.15) is 6.92 Å². The Morgan fingerprint density at radius 2 is 1.10 bits per heavy atom. The topological polar surface area (TPSA) is 52.6 Å². The minimum atomic E-state index is -1.68. The van der Waals surface area contributed by atoms with E-state index in [9.17, 15) is 8.42 Å². The minimum Gasteiger partial charge on any atom is -0.432 e. The van der Waals surface area contributed by atoms with Gasteiger partial charge in [-0.2, -0.15) is 0 Å². The summed E-state index contributed by atoms with van der Waals surface area (Å²) < 4.78 is 33.9. The van der Waals surface area contributed by atoms with Gasteiger partial charge in [-0.05, 0) is 30.6 Å². The van der Waals surface area contributed by atoms with Crippen molar-refractivity contribution in [3.05, 3.63) is 67.0 Å². The highest BCUT2D eigenvalue weighted by Crippen LogP contribution is 2.17. The third-order valence-corrected chi connectivity index (χ3v) is 4.34. The van der Waals surface area contributed by atoms with Crippen LogP contribution < -0.4 is 0 Å². The van der Waals surface area contributed by atoms with Crippen LogP contribution in [0, 0.1) is 6.29 Å². The third kappa shape index (κ3) is 4.35. The predicted octanol–water partition coefficient (Wildman–Crippen LogP) is 2.97. The molecule has 106 valence electrons. The second kappa shape index (κ2) is 7.44. The molecule has 0 heterocycles. The van der Waals surface area contributed by atoms with Gasteiger partial charge in [0.15, 0.2) is 22.2 Å². The molecule has 0 fully saturated rings. The van der Waals surface area contributed by atoms with Crippen molar-refractivity contribution in [2.75, 3.05) is 0 Å². The molecule has 0 spiro atoms. The van der Waals surface area contributed by atoms with E-state index in [1.807, 2.05) is 12.1 Å². The average Bonchev–Trinajstić information content (AvgIpc) is 2.49. The van der Waals surface area contributed by atoms with Gasteiger partial charge in [0.05, 0.1) is 9.79 Å². The van der Waals surface area contributed by atoms with Crippen LogP contribution in [0.3, 0.4) is 0 Å². The lowest BCUT2D eigenvalue weighted by Crippen LogP contribution is -2.09. The molecule has 0 aliphatic rings. The zero-order valence-electron chi connectivity index (χ0n) is 10.7. The quantitative estimate of drug-likeness (QED) is 0.770. The summed E-state index contributed by atoms with van der Waals surface area (Å²) in [5, 5.41) is 0. The Labute approximate surface area is 123 Å². The van der Waals surface area contributed by atoms with Crippen LogP contribution in [0.5, 0.6) is 0 Å². The van der Waals surface area contributed by atoms with Gasteiger partial charge in [-0.15, -0.1) is 6.92 Å². The van der Waals surface area contributed by atoms with Gasteiger partial charge in [-0.1, -0.05) is 36.4 Å². The van der Waals surface area contributed by atoms with Gasteiger partial charge in [0.2, 0.25) is 0 Å². The fourth-order valence-corrected chi connectivity index (χ4v) is 2.88. The van der Waals surface area contributed by atoms with E-state index in [1.54, 1.807) is 48.5 Å². The lowest BCUT2D eigenvalue weighted by atomic mass is 10.4. The number of rotatable bonds is 6. The monoisotopic (exact) mass is 309 g/mol. The van der Waals surface area contributed by atoms with E-state index in [-0.39, 0.29) is 6.29 Å². The van der Waals surface area contributed by atoms with E-state index in [1.165, 1.54) is 6.92 Å². The Morgan fingerprint density at radius 3 is 1.45 bits per heavy atom. The van der Waals surface area contributed by atoms with E-state index >= 15 is 0 Å². The molecule has 2 rings (SSSR count). The molecule has 0 saturated heterocycles. The first kappa shape index (κ1) is 15.1. The van der Waals surface area contributed by atoms with Crippen molar-refractivity contribution >= 4 is 22.2 Å². The maximum Gasteiger partial charge on any atom is 0.159 e. The number of hydrogen-bond acceptors (Lipinski definition) is 4. The summed E-state index contributed by atoms with van der Waals surface area (Å²) in [6.07, 6.45) is -0.00521. The van der Waals surface area contributed by atoms with Gasteiger partial charge in [0.25, 0.3) is 0 Å². The SMILES string of the molecule is C[C-](OS(=O)c1ccccc1)OS(=O)c1ccccc1. The summed E-state index contributed by atoms with van der Waals surface area (Å²) in [5.41, 5.74) is 0. The summed E-state index contributed by atoms with van der Waals surface area (Å²) in [6, 6.07) is 17.4. The molecule has 0 bridgehead atoms. The van der Waals surface area contributed by atoms with Crippen LogP contribution in [0.25, 0.3) is 0 Å². The molecular weight excluding hydrogens is 296 g/mol. The molecule has 2 aromatic carbocycles. The fraction of sp³-hybridized carbons (Fsp3) is 0.0714. The summed E-state index contributed by atoms with van der Waals surface area (Å²) in [5.74, 6) is 0. The first-order chi connectivity index (χ1) is 9.66. The summed E-state index contributed by atoms with van der Waals surface area (Å²) in [6.45, 7) is 1.47. The number of hydrogen-bond donors (Lipinski definition) is 0. The van der Waals surface area contributed by atoms with Crippen molar-refractivity contribution in [2.45, 2.75) is 16.7 Å². The first-order valence-electron chi connectivity index (χ1n) is 5.80. The molecule has 2 unspecified atom stereocenters. The molecule has 0 radical (unpaired) electrons.